The zero-order valence-corrected chi connectivity index (χ0v) is 5.08. The molecule has 0 aliphatic rings. The van der Waals surface area contributed by atoms with Crippen LogP contribution in [0.15, 0.2) is 0 Å². The molecule has 0 fully saturated rings. The Hall–Kier alpha value is -0.0331. The first-order valence-electron chi connectivity index (χ1n) is 1.75. The highest BCUT2D eigenvalue weighted by Crippen LogP contribution is 2.10. The molecule has 0 aromatic rings. The molecule has 0 aromatic carbocycles. The molecule has 0 N–H and O–H groups in total. The highest BCUT2D eigenvalue weighted by atomic mass is 28.4. The Kier molecular flexibility index (Phi) is 1.82. The molecule has 0 unspecified atom stereocenters. The monoisotopic (exact) mass is 129 g/mol. The summed E-state index contributed by atoms with van der Waals surface area (Å²) in [6.45, 7) is 1.82. The number of halogens is 3. The lowest BCUT2D eigenvalue weighted by atomic mass is 11.9. The summed E-state index contributed by atoms with van der Waals surface area (Å²) in [4.78, 5) is 0. The third kappa shape index (κ3) is 2.64. The fourth-order valence-corrected chi connectivity index (χ4v) is 0. The van der Waals surface area contributed by atoms with Gasteiger partial charge in [0, 0.05) is 5.01 Å². The first kappa shape index (κ1) is 6.97. The van der Waals surface area contributed by atoms with Crippen LogP contribution in [-0.4, -0.2) is 13.6 Å². The molecule has 44 valence electrons. The van der Waals surface area contributed by atoms with E-state index < -0.39 is 13.6 Å². The molecule has 7 heavy (non-hydrogen) atoms. The summed E-state index contributed by atoms with van der Waals surface area (Å²) in [5.41, 5.74) is 0. The van der Waals surface area contributed by atoms with Gasteiger partial charge in [0.15, 0.2) is 0 Å². The predicted molar refractivity (Wildman–Crippen MR) is 22.6 cm³/mol. The van der Waals surface area contributed by atoms with Crippen molar-refractivity contribution in [3.8, 4) is 0 Å². The van der Waals surface area contributed by atoms with Crippen LogP contribution in [-0.2, 0) is 0 Å². The number of nitrogens with zero attached hydrogens (tertiary/aromatic N) is 1. The van der Waals surface area contributed by atoms with E-state index in [2.05, 4.69) is 0 Å². The molecule has 0 aromatic heterocycles. The summed E-state index contributed by atoms with van der Waals surface area (Å²) in [5.74, 6) is 0. The molecule has 0 heterocycles. The number of rotatable bonds is 1. The van der Waals surface area contributed by atoms with Crippen molar-refractivity contribution in [3.63, 3.8) is 0 Å². The Labute approximate surface area is 40.9 Å². The maximum atomic E-state index is 11.8. The molecule has 1 nitrogen and oxygen atoms in total. The summed E-state index contributed by atoms with van der Waals surface area (Å²) in [7, 11) is -3.73. The average Bonchev–Trinajstić information content (AvgIpc) is 1.31. The smallest absolute Gasteiger partial charge is 0.287 e. The average molecular weight is 129 g/mol. The SMILES string of the molecule is C[Si](C)(F)N(F)F. The molecule has 0 radical (unpaired) electrons. The van der Waals surface area contributed by atoms with Crippen LogP contribution >= 0.6 is 0 Å². The van der Waals surface area contributed by atoms with Crippen molar-refractivity contribution in [3.05, 3.63) is 0 Å². The van der Waals surface area contributed by atoms with Gasteiger partial charge in [-0.2, -0.15) is 0 Å². The molecular weight excluding hydrogens is 123 g/mol. The van der Waals surface area contributed by atoms with Gasteiger partial charge < -0.3 is 0 Å². The molecule has 0 aliphatic carbocycles. The summed E-state index contributed by atoms with van der Waals surface area (Å²) in [6.07, 6.45) is 0. The van der Waals surface area contributed by atoms with E-state index in [1.165, 1.54) is 0 Å². The van der Waals surface area contributed by atoms with Gasteiger partial charge in [0.2, 0.25) is 0 Å². The summed E-state index contributed by atoms with van der Waals surface area (Å²) in [6, 6.07) is 0. The van der Waals surface area contributed by atoms with Crippen LogP contribution in [0.25, 0.3) is 0 Å². The molecule has 0 spiro atoms. The summed E-state index contributed by atoms with van der Waals surface area (Å²) in [5, 5.41) is -1.34. The van der Waals surface area contributed by atoms with Crippen molar-refractivity contribution >= 4 is 8.57 Å². The highest BCUT2D eigenvalue weighted by Gasteiger charge is 2.31. The first-order chi connectivity index (χ1) is 2.94. The first-order valence-corrected chi connectivity index (χ1v) is 4.58. The van der Waals surface area contributed by atoms with Crippen molar-refractivity contribution in [2.24, 2.45) is 0 Å². The van der Waals surface area contributed by atoms with Crippen LogP contribution in [0.5, 0.6) is 0 Å². The second-order valence-corrected chi connectivity index (χ2v) is 4.80. The van der Waals surface area contributed by atoms with Gasteiger partial charge in [0.05, 0.1) is 0 Å². The summed E-state index contributed by atoms with van der Waals surface area (Å²) < 4.78 is 33.9. The van der Waals surface area contributed by atoms with E-state index in [-0.39, 0.29) is 0 Å². The van der Waals surface area contributed by atoms with Crippen LogP contribution in [0.4, 0.5) is 13.1 Å². The van der Waals surface area contributed by atoms with Crippen molar-refractivity contribution < 1.29 is 13.1 Å². The molecule has 0 saturated carbocycles. The number of hydrogen-bond acceptors (Lipinski definition) is 1. The van der Waals surface area contributed by atoms with Crippen molar-refractivity contribution in [1.82, 2.24) is 5.01 Å². The van der Waals surface area contributed by atoms with E-state index in [9.17, 15) is 13.1 Å². The maximum absolute atomic E-state index is 11.8. The minimum absolute atomic E-state index is 0.910. The normalized spacial score (nSPS) is 12.9. The van der Waals surface area contributed by atoms with Crippen molar-refractivity contribution in [1.29, 1.82) is 0 Å². The van der Waals surface area contributed by atoms with Gasteiger partial charge in [-0.1, -0.05) is 0 Å². The number of hydrogen-bond donors (Lipinski definition) is 0. The van der Waals surface area contributed by atoms with E-state index in [1.54, 1.807) is 0 Å². The van der Waals surface area contributed by atoms with Crippen molar-refractivity contribution in [2.45, 2.75) is 13.1 Å². The Morgan fingerprint density at radius 3 is 1.43 bits per heavy atom. The van der Waals surface area contributed by atoms with Gasteiger partial charge in [-0.3, -0.25) is 4.11 Å². The van der Waals surface area contributed by atoms with Gasteiger partial charge in [-0.05, 0) is 13.1 Å². The second kappa shape index (κ2) is 1.83. The largest absolute Gasteiger partial charge is 0.385 e. The molecule has 0 bridgehead atoms. The van der Waals surface area contributed by atoms with E-state index in [4.69, 9.17) is 0 Å². The maximum Gasteiger partial charge on any atom is 0.385 e. The zero-order valence-electron chi connectivity index (χ0n) is 4.08. The second-order valence-electron chi connectivity index (χ2n) is 1.64. The Bertz CT molecular complexity index is 58.4. The standard InChI is InChI=1S/C2H6F3NSi/c1-7(2,5)6(3)4/h1-2H3. The third-order valence-electron chi connectivity index (χ3n) is 0.402. The topological polar surface area (TPSA) is 3.24 Å². The third-order valence-corrected chi connectivity index (χ3v) is 1.21. The van der Waals surface area contributed by atoms with Crippen LogP contribution in [0.1, 0.15) is 0 Å². The molecule has 0 atom stereocenters. The van der Waals surface area contributed by atoms with Crippen LogP contribution in [0, 0.1) is 0 Å². The van der Waals surface area contributed by atoms with Crippen LogP contribution in [0.3, 0.4) is 0 Å². The van der Waals surface area contributed by atoms with Gasteiger partial charge in [-0.15, -0.1) is 8.96 Å². The van der Waals surface area contributed by atoms with Gasteiger partial charge >= 0.3 is 8.57 Å². The fraction of sp³-hybridized carbons (Fsp3) is 1.00. The van der Waals surface area contributed by atoms with E-state index in [0.29, 0.717) is 0 Å². The van der Waals surface area contributed by atoms with Gasteiger partial charge in [0.25, 0.3) is 0 Å². The Morgan fingerprint density at radius 2 is 1.43 bits per heavy atom. The van der Waals surface area contributed by atoms with Gasteiger partial charge in [-0.25, -0.2) is 0 Å². The molecule has 0 rings (SSSR count). The fourth-order valence-electron chi connectivity index (χ4n) is 0. The van der Waals surface area contributed by atoms with Crippen molar-refractivity contribution in [2.75, 3.05) is 0 Å². The van der Waals surface area contributed by atoms with E-state index in [0.717, 1.165) is 13.1 Å². The van der Waals surface area contributed by atoms with E-state index >= 15 is 0 Å². The Morgan fingerprint density at radius 1 is 1.29 bits per heavy atom. The van der Waals surface area contributed by atoms with E-state index in [1.807, 2.05) is 0 Å². The van der Waals surface area contributed by atoms with Crippen LogP contribution < -0.4 is 0 Å². The molecule has 0 amide bonds. The molecule has 0 saturated heterocycles. The lowest BCUT2D eigenvalue weighted by molar-refractivity contribution is -0.0788. The molecular formula is C2H6F3NSi. The molecule has 0 aliphatic heterocycles. The minimum Gasteiger partial charge on any atom is -0.287 e. The van der Waals surface area contributed by atoms with Gasteiger partial charge in [0.1, 0.15) is 0 Å². The lowest BCUT2D eigenvalue weighted by Gasteiger charge is -2.07. The minimum atomic E-state index is -3.73. The summed E-state index contributed by atoms with van der Waals surface area (Å²) >= 11 is 0. The zero-order chi connectivity index (χ0) is 6.08. The van der Waals surface area contributed by atoms with Crippen LogP contribution in [0.2, 0.25) is 13.1 Å². The quantitative estimate of drug-likeness (QED) is 0.296. The predicted octanol–water partition coefficient (Wildman–Crippen LogP) is 1.73. The highest BCUT2D eigenvalue weighted by molar-refractivity contribution is 6.66. The molecule has 5 heteroatoms. The Balaban J connectivity index is 3.54. The lowest BCUT2D eigenvalue weighted by Crippen LogP contribution is -2.32.